The summed E-state index contributed by atoms with van der Waals surface area (Å²) in [6.07, 6.45) is -0.191. The molecule has 0 saturated heterocycles. The van der Waals surface area contributed by atoms with Crippen LogP contribution in [0.4, 0.5) is 13.2 Å². The Morgan fingerprint density at radius 1 is 1.12 bits per heavy atom. The quantitative estimate of drug-likeness (QED) is 0.753. The molecule has 0 aliphatic heterocycles. The van der Waals surface area contributed by atoms with Gasteiger partial charge < -0.3 is 0 Å². The van der Waals surface area contributed by atoms with Gasteiger partial charge in [0.2, 0.25) is 0 Å². The van der Waals surface area contributed by atoms with Crippen LogP contribution in [0.1, 0.15) is 48.7 Å². The molecule has 1 nitrogen and oxygen atoms in total. The molecule has 0 aromatic carbocycles. The third-order valence-corrected chi connectivity index (χ3v) is 3.47. The van der Waals surface area contributed by atoms with E-state index in [-0.39, 0.29) is 0 Å². The fourth-order valence-electron chi connectivity index (χ4n) is 1.47. The van der Waals surface area contributed by atoms with Gasteiger partial charge in [-0.15, -0.1) is 11.3 Å². The predicted octanol–water partition coefficient (Wildman–Crippen LogP) is 4.46. The number of nitrogens with zero attached hydrogens (tertiary/aromatic N) is 1. The molecule has 1 heterocycles. The topological polar surface area (TPSA) is 12.9 Å². The van der Waals surface area contributed by atoms with Crippen molar-refractivity contribution in [1.29, 1.82) is 0 Å². The predicted molar refractivity (Wildman–Crippen MR) is 59.7 cm³/mol. The average Bonchev–Trinajstić information content (AvgIpc) is 2.58. The third-order valence-electron chi connectivity index (χ3n) is 2.26. The number of hydrogen-bond donors (Lipinski definition) is 0. The molecule has 5 heteroatoms. The van der Waals surface area contributed by atoms with E-state index in [0.29, 0.717) is 18.5 Å². The van der Waals surface area contributed by atoms with Gasteiger partial charge in [0.25, 0.3) is 0 Å². The maximum absolute atomic E-state index is 12.5. The summed E-state index contributed by atoms with van der Waals surface area (Å²) in [6.45, 7) is 3.99. The van der Waals surface area contributed by atoms with Gasteiger partial charge in [-0.25, -0.2) is 4.98 Å². The molecule has 0 fully saturated rings. The first-order chi connectivity index (χ1) is 7.49. The minimum atomic E-state index is -4.29. The van der Waals surface area contributed by atoms with E-state index in [2.05, 4.69) is 4.98 Å². The van der Waals surface area contributed by atoms with Gasteiger partial charge in [-0.1, -0.05) is 26.7 Å². The maximum Gasteiger partial charge on any atom is 0.443 e. The molecular weight excluding hydrogens is 235 g/mol. The molecule has 92 valence electrons. The fourth-order valence-corrected chi connectivity index (χ4v) is 2.54. The van der Waals surface area contributed by atoms with Gasteiger partial charge in [0, 0.05) is 4.88 Å². The third kappa shape index (κ3) is 3.47. The number of hydrogen-bond acceptors (Lipinski definition) is 2. The molecule has 1 rings (SSSR count). The summed E-state index contributed by atoms with van der Waals surface area (Å²) in [4.78, 5) is 4.54. The second-order valence-electron chi connectivity index (χ2n) is 3.74. The van der Waals surface area contributed by atoms with Crippen molar-refractivity contribution in [2.75, 3.05) is 0 Å². The zero-order chi connectivity index (χ0) is 12.2. The van der Waals surface area contributed by atoms with Crippen LogP contribution in [0, 0.1) is 0 Å². The standard InChI is InChI=1S/C11H16F3NS/c1-3-5-7-8-9(6-4-2)16-10(15-8)11(12,13)14/h3-7H2,1-2H3. The number of halogens is 3. The Labute approximate surface area is 97.7 Å². The highest BCUT2D eigenvalue weighted by Crippen LogP contribution is 2.35. The van der Waals surface area contributed by atoms with E-state index in [4.69, 9.17) is 0 Å². The molecular formula is C11H16F3NS. The number of rotatable bonds is 5. The minimum absolute atomic E-state index is 0.654. The summed E-state index contributed by atoms with van der Waals surface area (Å²) in [5, 5.41) is -0.693. The van der Waals surface area contributed by atoms with E-state index in [9.17, 15) is 13.2 Å². The Morgan fingerprint density at radius 2 is 1.81 bits per heavy atom. The summed E-state index contributed by atoms with van der Waals surface area (Å²) >= 11 is 0.805. The summed E-state index contributed by atoms with van der Waals surface area (Å²) < 4.78 is 37.5. The first-order valence-electron chi connectivity index (χ1n) is 5.54. The van der Waals surface area contributed by atoms with E-state index in [1.807, 2.05) is 13.8 Å². The molecule has 0 spiro atoms. The Morgan fingerprint density at radius 3 is 2.31 bits per heavy atom. The first kappa shape index (κ1) is 13.5. The summed E-state index contributed by atoms with van der Waals surface area (Å²) in [6, 6.07) is 0. The molecule has 0 unspecified atom stereocenters. The number of aryl methyl sites for hydroxylation is 2. The minimum Gasteiger partial charge on any atom is -0.237 e. The highest BCUT2D eigenvalue weighted by atomic mass is 32.1. The average molecular weight is 251 g/mol. The van der Waals surface area contributed by atoms with Crippen LogP contribution in [-0.2, 0) is 19.0 Å². The maximum atomic E-state index is 12.5. The lowest BCUT2D eigenvalue weighted by Gasteiger charge is -1.99. The van der Waals surface area contributed by atoms with Gasteiger partial charge in [-0.2, -0.15) is 13.2 Å². The smallest absolute Gasteiger partial charge is 0.237 e. The molecule has 0 N–H and O–H groups in total. The lowest BCUT2D eigenvalue weighted by atomic mass is 10.1. The molecule has 0 saturated carbocycles. The van der Waals surface area contributed by atoms with Crippen LogP contribution in [0.15, 0.2) is 0 Å². The molecule has 0 aliphatic carbocycles. The zero-order valence-electron chi connectivity index (χ0n) is 9.52. The van der Waals surface area contributed by atoms with Crippen molar-refractivity contribution in [3.63, 3.8) is 0 Å². The zero-order valence-corrected chi connectivity index (χ0v) is 10.3. The van der Waals surface area contributed by atoms with Crippen molar-refractivity contribution in [2.45, 2.75) is 52.1 Å². The Bertz CT molecular complexity index is 330. The monoisotopic (exact) mass is 251 g/mol. The Kier molecular flexibility index (Phi) is 4.77. The lowest BCUT2D eigenvalue weighted by molar-refractivity contribution is -0.137. The summed E-state index contributed by atoms with van der Waals surface area (Å²) in [5.74, 6) is 0. The molecule has 0 bridgehead atoms. The second-order valence-corrected chi connectivity index (χ2v) is 4.82. The van der Waals surface area contributed by atoms with E-state index in [0.717, 1.165) is 35.5 Å². The van der Waals surface area contributed by atoms with Crippen LogP contribution in [-0.4, -0.2) is 4.98 Å². The van der Waals surface area contributed by atoms with Crippen molar-refractivity contribution in [1.82, 2.24) is 4.98 Å². The van der Waals surface area contributed by atoms with Crippen LogP contribution in [0.25, 0.3) is 0 Å². The van der Waals surface area contributed by atoms with Crippen molar-refractivity contribution >= 4 is 11.3 Å². The molecule has 1 aromatic rings. The van der Waals surface area contributed by atoms with Crippen molar-refractivity contribution in [2.24, 2.45) is 0 Å². The van der Waals surface area contributed by atoms with E-state index in [1.165, 1.54) is 0 Å². The van der Waals surface area contributed by atoms with Gasteiger partial charge >= 0.3 is 6.18 Å². The summed E-state index contributed by atoms with van der Waals surface area (Å²) in [5.41, 5.74) is 0.654. The Hall–Kier alpha value is -0.580. The number of thiazole rings is 1. The Balaban J connectivity index is 2.90. The van der Waals surface area contributed by atoms with E-state index < -0.39 is 11.2 Å². The van der Waals surface area contributed by atoms with Crippen molar-refractivity contribution in [3.8, 4) is 0 Å². The molecule has 0 aliphatic rings. The van der Waals surface area contributed by atoms with Crippen LogP contribution >= 0.6 is 11.3 Å². The van der Waals surface area contributed by atoms with Crippen molar-refractivity contribution < 1.29 is 13.2 Å². The highest BCUT2D eigenvalue weighted by Gasteiger charge is 2.35. The fraction of sp³-hybridized carbons (Fsp3) is 0.727. The highest BCUT2D eigenvalue weighted by molar-refractivity contribution is 7.11. The van der Waals surface area contributed by atoms with Gasteiger partial charge in [-0.05, 0) is 19.3 Å². The largest absolute Gasteiger partial charge is 0.443 e. The van der Waals surface area contributed by atoms with E-state index >= 15 is 0 Å². The second kappa shape index (κ2) is 5.66. The van der Waals surface area contributed by atoms with Gasteiger partial charge in [0.05, 0.1) is 5.69 Å². The van der Waals surface area contributed by atoms with Gasteiger partial charge in [-0.3, -0.25) is 0 Å². The van der Waals surface area contributed by atoms with Crippen LogP contribution in [0.2, 0.25) is 0 Å². The molecule has 16 heavy (non-hydrogen) atoms. The van der Waals surface area contributed by atoms with Crippen LogP contribution < -0.4 is 0 Å². The number of unbranched alkanes of at least 4 members (excludes halogenated alkanes) is 1. The molecule has 1 aromatic heterocycles. The molecule has 0 amide bonds. The number of aromatic nitrogens is 1. The number of alkyl halides is 3. The first-order valence-corrected chi connectivity index (χ1v) is 6.36. The lowest BCUT2D eigenvalue weighted by Crippen LogP contribution is -2.04. The molecule has 0 atom stereocenters. The SMILES string of the molecule is CCCCc1nc(C(F)(F)F)sc1CCC. The summed E-state index contributed by atoms with van der Waals surface area (Å²) in [7, 11) is 0. The van der Waals surface area contributed by atoms with Crippen LogP contribution in [0.3, 0.4) is 0 Å². The van der Waals surface area contributed by atoms with Crippen LogP contribution in [0.5, 0.6) is 0 Å². The van der Waals surface area contributed by atoms with E-state index in [1.54, 1.807) is 0 Å². The molecule has 0 radical (unpaired) electrons. The normalized spacial score (nSPS) is 12.1. The van der Waals surface area contributed by atoms with Gasteiger partial charge in [0.15, 0.2) is 5.01 Å². The van der Waals surface area contributed by atoms with Gasteiger partial charge in [0.1, 0.15) is 0 Å². The van der Waals surface area contributed by atoms with Crippen molar-refractivity contribution in [3.05, 3.63) is 15.6 Å².